The molecule has 0 bridgehead atoms. The van der Waals surface area contributed by atoms with Crippen molar-refractivity contribution in [1.29, 1.82) is 0 Å². The van der Waals surface area contributed by atoms with E-state index in [1.807, 2.05) is 80.6 Å². The maximum absolute atomic E-state index is 10.4. The molecule has 1 heterocycles. The zero-order chi connectivity index (χ0) is 22.8. The number of phenols is 1. The Kier molecular flexibility index (Phi) is 5.49. The molecule has 0 atom stereocenters. The van der Waals surface area contributed by atoms with Gasteiger partial charge in [0.05, 0.1) is 5.69 Å². The van der Waals surface area contributed by atoms with Crippen LogP contribution in [0.15, 0.2) is 94.3 Å². The van der Waals surface area contributed by atoms with Gasteiger partial charge in [0, 0.05) is 17.3 Å². The summed E-state index contributed by atoms with van der Waals surface area (Å²) in [7, 11) is 0. The van der Waals surface area contributed by atoms with E-state index in [0.29, 0.717) is 11.5 Å². The minimum Gasteiger partial charge on any atom is -0.507 e. The smallest absolute Gasteiger partial charge is 0.227 e. The SMILES string of the molecule is Cc1ccc2oc(-c3ccc(C)c(N=Cc4cc(Cc5ccccc5)ccc4O)c3)nc2c1. The van der Waals surface area contributed by atoms with Gasteiger partial charge in [0.25, 0.3) is 0 Å². The molecule has 5 rings (SSSR count). The van der Waals surface area contributed by atoms with E-state index in [1.165, 1.54) is 5.56 Å². The van der Waals surface area contributed by atoms with Crippen LogP contribution in [-0.4, -0.2) is 16.3 Å². The fourth-order valence-electron chi connectivity index (χ4n) is 3.83. The third-order valence-electron chi connectivity index (χ3n) is 5.68. The minimum atomic E-state index is 0.207. The molecule has 1 N–H and O–H groups in total. The number of nitrogens with zero attached hydrogens (tertiary/aromatic N) is 2. The molecule has 1 aromatic heterocycles. The Morgan fingerprint density at radius 2 is 1.73 bits per heavy atom. The number of fused-ring (bicyclic) bond motifs is 1. The molecule has 0 amide bonds. The van der Waals surface area contributed by atoms with Gasteiger partial charge in [-0.1, -0.05) is 48.5 Å². The molecular weight excluding hydrogens is 408 g/mol. The average molecular weight is 433 g/mol. The Labute approximate surface area is 192 Å². The van der Waals surface area contributed by atoms with E-state index in [-0.39, 0.29) is 5.75 Å². The summed E-state index contributed by atoms with van der Waals surface area (Å²) in [5.41, 5.74) is 8.48. The number of aromatic hydroxyl groups is 1. The number of rotatable bonds is 5. The van der Waals surface area contributed by atoms with Gasteiger partial charge in [-0.2, -0.15) is 0 Å². The number of phenolic OH excluding ortho intramolecular Hbond substituents is 1. The standard InChI is InChI=1S/C29H24N2O2/c1-19-8-13-28-26(14-19)31-29(33-28)23-11-9-20(2)25(17-23)30-18-24-16-22(10-12-27(24)32)15-21-6-4-3-5-7-21/h3-14,16-18,32H,15H2,1-2H3. The Morgan fingerprint density at radius 1 is 0.879 bits per heavy atom. The molecule has 0 spiro atoms. The van der Waals surface area contributed by atoms with Gasteiger partial charge in [0.15, 0.2) is 5.58 Å². The van der Waals surface area contributed by atoms with Gasteiger partial charge in [-0.15, -0.1) is 0 Å². The Bertz CT molecular complexity index is 1470. The van der Waals surface area contributed by atoms with E-state index in [1.54, 1.807) is 12.3 Å². The topological polar surface area (TPSA) is 58.6 Å². The van der Waals surface area contributed by atoms with E-state index >= 15 is 0 Å². The summed E-state index contributed by atoms with van der Waals surface area (Å²) in [5.74, 6) is 0.776. The van der Waals surface area contributed by atoms with Crippen molar-refractivity contribution in [3.05, 3.63) is 113 Å². The van der Waals surface area contributed by atoms with Crippen molar-refractivity contribution in [1.82, 2.24) is 4.98 Å². The first-order valence-corrected chi connectivity index (χ1v) is 10.9. The maximum atomic E-state index is 10.4. The fourth-order valence-corrected chi connectivity index (χ4v) is 3.83. The normalized spacial score (nSPS) is 11.5. The Balaban J connectivity index is 1.44. The lowest BCUT2D eigenvalue weighted by molar-refractivity contribution is 0.474. The van der Waals surface area contributed by atoms with Crippen molar-refractivity contribution >= 4 is 23.0 Å². The van der Waals surface area contributed by atoms with Crippen LogP contribution in [0.3, 0.4) is 0 Å². The zero-order valence-corrected chi connectivity index (χ0v) is 18.6. The molecule has 0 saturated carbocycles. The Hall–Kier alpha value is -4.18. The second-order valence-corrected chi connectivity index (χ2v) is 8.31. The van der Waals surface area contributed by atoms with Crippen molar-refractivity contribution in [3.63, 3.8) is 0 Å². The third kappa shape index (κ3) is 4.55. The molecule has 4 aromatic carbocycles. The second-order valence-electron chi connectivity index (χ2n) is 8.31. The number of hydrogen-bond acceptors (Lipinski definition) is 4. The first-order chi connectivity index (χ1) is 16.0. The van der Waals surface area contributed by atoms with Crippen LogP contribution >= 0.6 is 0 Å². The monoisotopic (exact) mass is 432 g/mol. The molecule has 0 unspecified atom stereocenters. The quantitative estimate of drug-likeness (QED) is 0.300. The van der Waals surface area contributed by atoms with Gasteiger partial charge in [-0.25, -0.2) is 4.98 Å². The molecule has 0 aliphatic rings. The van der Waals surface area contributed by atoms with E-state index in [0.717, 1.165) is 45.5 Å². The largest absolute Gasteiger partial charge is 0.507 e. The summed E-state index contributed by atoms with van der Waals surface area (Å²) in [6, 6.07) is 27.9. The summed E-state index contributed by atoms with van der Waals surface area (Å²) in [4.78, 5) is 9.32. The minimum absolute atomic E-state index is 0.207. The summed E-state index contributed by atoms with van der Waals surface area (Å²) in [6.45, 7) is 4.05. The van der Waals surface area contributed by atoms with Crippen LogP contribution in [0, 0.1) is 13.8 Å². The van der Waals surface area contributed by atoms with Crippen LogP contribution < -0.4 is 0 Å². The number of hydrogen-bond donors (Lipinski definition) is 1. The highest BCUT2D eigenvalue weighted by Gasteiger charge is 2.10. The lowest BCUT2D eigenvalue weighted by Gasteiger charge is -2.06. The lowest BCUT2D eigenvalue weighted by Crippen LogP contribution is -1.91. The van der Waals surface area contributed by atoms with Gasteiger partial charge in [-0.05, 0) is 78.9 Å². The molecule has 0 aliphatic heterocycles. The second kappa shape index (κ2) is 8.75. The Morgan fingerprint density at radius 3 is 2.58 bits per heavy atom. The first-order valence-electron chi connectivity index (χ1n) is 10.9. The summed E-state index contributed by atoms with van der Waals surface area (Å²) >= 11 is 0. The van der Waals surface area contributed by atoms with E-state index in [9.17, 15) is 5.11 Å². The van der Waals surface area contributed by atoms with Crippen molar-refractivity contribution in [3.8, 4) is 17.2 Å². The number of oxazole rings is 1. The van der Waals surface area contributed by atoms with Gasteiger partial charge in [0.2, 0.25) is 5.89 Å². The molecule has 4 nitrogen and oxygen atoms in total. The number of aryl methyl sites for hydroxylation is 2. The molecule has 0 fully saturated rings. The first kappa shape index (κ1) is 20.7. The highest BCUT2D eigenvalue weighted by molar-refractivity contribution is 5.86. The van der Waals surface area contributed by atoms with Crippen molar-refractivity contribution < 1.29 is 9.52 Å². The molecule has 33 heavy (non-hydrogen) atoms. The third-order valence-corrected chi connectivity index (χ3v) is 5.68. The molecule has 0 aliphatic carbocycles. The van der Waals surface area contributed by atoms with Crippen LogP contribution in [0.5, 0.6) is 5.75 Å². The van der Waals surface area contributed by atoms with Crippen LogP contribution in [0.2, 0.25) is 0 Å². The molecular formula is C29H24N2O2. The molecule has 0 saturated heterocycles. The lowest BCUT2D eigenvalue weighted by atomic mass is 10.0. The summed E-state index contributed by atoms with van der Waals surface area (Å²) < 4.78 is 5.96. The molecule has 162 valence electrons. The number of aliphatic imine (C=N–C) groups is 1. The van der Waals surface area contributed by atoms with E-state index < -0.39 is 0 Å². The average Bonchev–Trinajstić information content (AvgIpc) is 3.24. The molecule has 4 heteroatoms. The number of benzene rings is 4. The van der Waals surface area contributed by atoms with Crippen LogP contribution in [0.4, 0.5) is 5.69 Å². The van der Waals surface area contributed by atoms with Crippen LogP contribution in [0.25, 0.3) is 22.6 Å². The predicted molar refractivity (Wildman–Crippen MR) is 134 cm³/mol. The van der Waals surface area contributed by atoms with Crippen molar-refractivity contribution in [2.45, 2.75) is 20.3 Å². The van der Waals surface area contributed by atoms with E-state index in [2.05, 4.69) is 22.1 Å². The molecule has 5 aromatic rings. The van der Waals surface area contributed by atoms with Gasteiger partial charge < -0.3 is 9.52 Å². The predicted octanol–water partition coefficient (Wildman–Crippen LogP) is 7.16. The van der Waals surface area contributed by atoms with Gasteiger partial charge in [-0.3, -0.25) is 4.99 Å². The maximum Gasteiger partial charge on any atom is 0.227 e. The zero-order valence-electron chi connectivity index (χ0n) is 18.6. The summed E-state index contributed by atoms with van der Waals surface area (Å²) in [6.07, 6.45) is 2.51. The van der Waals surface area contributed by atoms with Crippen LogP contribution in [0.1, 0.15) is 27.8 Å². The highest BCUT2D eigenvalue weighted by Crippen LogP contribution is 2.30. The summed E-state index contributed by atoms with van der Waals surface area (Å²) in [5, 5.41) is 10.4. The van der Waals surface area contributed by atoms with Crippen LogP contribution in [-0.2, 0) is 6.42 Å². The highest BCUT2D eigenvalue weighted by atomic mass is 16.3. The van der Waals surface area contributed by atoms with E-state index in [4.69, 9.17) is 4.42 Å². The number of aromatic nitrogens is 1. The van der Waals surface area contributed by atoms with Gasteiger partial charge >= 0.3 is 0 Å². The fraction of sp³-hybridized carbons (Fsp3) is 0.103. The van der Waals surface area contributed by atoms with Crippen molar-refractivity contribution in [2.24, 2.45) is 4.99 Å². The van der Waals surface area contributed by atoms with Gasteiger partial charge in [0.1, 0.15) is 11.3 Å². The van der Waals surface area contributed by atoms with Crippen molar-refractivity contribution in [2.75, 3.05) is 0 Å². The molecule has 0 radical (unpaired) electrons.